The first-order chi connectivity index (χ1) is 11.6. The lowest BCUT2D eigenvalue weighted by molar-refractivity contribution is -0.137. The second kappa shape index (κ2) is 6.12. The summed E-state index contributed by atoms with van der Waals surface area (Å²) in [7, 11) is 0. The molecule has 1 amide bonds. The summed E-state index contributed by atoms with van der Waals surface area (Å²) in [5.74, 6) is 0.464. The van der Waals surface area contributed by atoms with Crippen LogP contribution in [0.4, 0.5) is 0 Å². The fourth-order valence-electron chi connectivity index (χ4n) is 3.45. The van der Waals surface area contributed by atoms with Crippen LogP contribution in [0.2, 0.25) is 0 Å². The number of carbonyl (C=O) groups excluding carboxylic acids is 1. The minimum Gasteiger partial charge on any atom is -0.342 e. The molecule has 0 atom stereocenters. The van der Waals surface area contributed by atoms with Gasteiger partial charge in [0.15, 0.2) is 0 Å². The average Bonchev–Trinajstić information content (AvgIpc) is 3.10. The van der Waals surface area contributed by atoms with E-state index in [-0.39, 0.29) is 11.5 Å². The molecule has 2 aliphatic rings. The fraction of sp³-hybridized carbons (Fsp3) is 0.529. The summed E-state index contributed by atoms with van der Waals surface area (Å²) < 4.78 is 1.59. The number of fused-ring (bicyclic) bond motifs is 1. The molecular formula is C17H20N4O2S. The summed E-state index contributed by atoms with van der Waals surface area (Å²) in [5, 5.41) is 5.50. The zero-order valence-corrected chi connectivity index (χ0v) is 14.5. The Labute approximate surface area is 144 Å². The molecule has 4 rings (SSSR count). The number of rotatable bonds is 4. The summed E-state index contributed by atoms with van der Waals surface area (Å²) >= 11 is 1.57. The SMILES string of the molecule is Cc1ncc(CC(=O)N2CC(Cn3nc4c(cc3=O)CCC4)C2)s1. The third kappa shape index (κ3) is 3.00. The van der Waals surface area contributed by atoms with Crippen LogP contribution in [0.3, 0.4) is 0 Å². The monoisotopic (exact) mass is 344 g/mol. The van der Waals surface area contributed by atoms with Gasteiger partial charge in [-0.3, -0.25) is 9.59 Å². The van der Waals surface area contributed by atoms with Crippen molar-refractivity contribution >= 4 is 17.2 Å². The summed E-state index contributed by atoms with van der Waals surface area (Å²) in [6, 6.07) is 1.74. The Morgan fingerprint density at radius 3 is 2.96 bits per heavy atom. The van der Waals surface area contributed by atoms with Crippen LogP contribution in [0.5, 0.6) is 0 Å². The topological polar surface area (TPSA) is 68.1 Å². The van der Waals surface area contributed by atoms with Crippen molar-refractivity contribution in [3.8, 4) is 0 Å². The first kappa shape index (κ1) is 15.5. The van der Waals surface area contributed by atoms with Gasteiger partial charge in [0.1, 0.15) is 0 Å². The Morgan fingerprint density at radius 2 is 2.21 bits per heavy atom. The van der Waals surface area contributed by atoms with Gasteiger partial charge in [-0.1, -0.05) is 0 Å². The molecule has 7 heteroatoms. The van der Waals surface area contributed by atoms with E-state index in [1.54, 1.807) is 28.3 Å². The number of nitrogens with zero attached hydrogens (tertiary/aromatic N) is 4. The van der Waals surface area contributed by atoms with Gasteiger partial charge in [-0.15, -0.1) is 11.3 Å². The Hall–Kier alpha value is -2.02. The normalized spacial score (nSPS) is 17.0. The van der Waals surface area contributed by atoms with Crippen LogP contribution in [0.25, 0.3) is 0 Å². The van der Waals surface area contributed by atoms with Crippen LogP contribution in [-0.4, -0.2) is 38.7 Å². The second-order valence-corrected chi connectivity index (χ2v) is 8.00. The van der Waals surface area contributed by atoms with Crippen molar-refractivity contribution in [2.24, 2.45) is 5.92 Å². The highest BCUT2D eigenvalue weighted by molar-refractivity contribution is 7.11. The maximum Gasteiger partial charge on any atom is 0.267 e. The molecule has 0 aromatic carbocycles. The highest BCUT2D eigenvalue weighted by Crippen LogP contribution is 2.21. The molecule has 126 valence electrons. The van der Waals surface area contributed by atoms with Crippen molar-refractivity contribution in [3.63, 3.8) is 0 Å². The average molecular weight is 344 g/mol. The van der Waals surface area contributed by atoms with Gasteiger partial charge in [0.2, 0.25) is 5.91 Å². The highest BCUT2D eigenvalue weighted by atomic mass is 32.1. The van der Waals surface area contributed by atoms with E-state index >= 15 is 0 Å². The van der Waals surface area contributed by atoms with Crippen LogP contribution in [0, 0.1) is 12.8 Å². The number of aromatic nitrogens is 3. The van der Waals surface area contributed by atoms with Crippen LogP contribution < -0.4 is 5.56 Å². The van der Waals surface area contributed by atoms with Crippen molar-refractivity contribution in [2.45, 2.75) is 39.2 Å². The van der Waals surface area contributed by atoms with Crippen LogP contribution in [0.15, 0.2) is 17.1 Å². The Kier molecular flexibility index (Phi) is 3.96. The smallest absolute Gasteiger partial charge is 0.267 e. The molecule has 1 fully saturated rings. The van der Waals surface area contributed by atoms with Crippen molar-refractivity contribution < 1.29 is 4.79 Å². The maximum absolute atomic E-state index is 12.2. The molecule has 0 unspecified atom stereocenters. The molecule has 1 aliphatic heterocycles. The van der Waals surface area contributed by atoms with Gasteiger partial charge in [0.25, 0.3) is 5.56 Å². The zero-order chi connectivity index (χ0) is 16.7. The number of carbonyl (C=O) groups is 1. The highest BCUT2D eigenvalue weighted by Gasteiger charge is 2.31. The van der Waals surface area contributed by atoms with Crippen LogP contribution >= 0.6 is 11.3 Å². The molecule has 0 bridgehead atoms. The molecular weight excluding hydrogens is 324 g/mol. The summed E-state index contributed by atoms with van der Waals surface area (Å²) in [6.07, 6.45) is 5.24. The molecule has 1 aliphatic carbocycles. The first-order valence-electron chi connectivity index (χ1n) is 8.37. The van der Waals surface area contributed by atoms with E-state index in [0.29, 0.717) is 32.0 Å². The van der Waals surface area contributed by atoms with E-state index in [0.717, 1.165) is 40.4 Å². The molecule has 6 nitrogen and oxygen atoms in total. The number of hydrogen-bond acceptors (Lipinski definition) is 5. The molecule has 2 aromatic rings. The summed E-state index contributed by atoms with van der Waals surface area (Å²) in [6.45, 7) is 3.97. The molecule has 1 saturated heterocycles. The van der Waals surface area contributed by atoms with Gasteiger partial charge in [-0.2, -0.15) is 5.10 Å². The third-order valence-corrected chi connectivity index (χ3v) is 5.67. The molecule has 0 spiro atoms. The number of thiazole rings is 1. The second-order valence-electron chi connectivity index (χ2n) is 6.68. The number of aryl methyl sites for hydroxylation is 3. The van der Waals surface area contributed by atoms with E-state index in [4.69, 9.17) is 0 Å². The lowest BCUT2D eigenvalue weighted by Gasteiger charge is -2.39. The van der Waals surface area contributed by atoms with Gasteiger partial charge >= 0.3 is 0 Å². The summed E-state index contributed by atoms with van der Waals surface area (Å²) in [5.41, 5.74) is 2.17. The molecule has 0 N–H and O–H groups in total. The van der Waals surface area contributed by atoms with Gasteiger partial charge in [0.05, 0.1) is 23.7 Å². The van der Waals surface area contributed by atoms with E-state index in [9.17, 15) is 9.59 Å². The fourth-order valence-corrected chi connectivity index (χ4v) is 4.24. The van der Waals surface area contributed by atoms with E-state index in [1.165, 1.54) is 0 Å². The minimum absolute atomic E-state index is 0.0134. The minimum atomic E-state index is -0.0134. The van der Waals surface area contributed by atoms with Crippen molar-refractivity contribution in [3.05, 3.63) is 43.8 Å². The largest absolute Gasteiger partial charge is 0.342 e. The maximum atomic E-state index is 12.2. The molecule has 0 radical (unpaired) electrons. The van der Waals surface area contributed by atoms with E-state index < -0.39 is 0 Å². The quantitative estimate of drug-likeness (QED) is 0.836. The first-order valence-corrected chi connectivity index (χ1v) is 9.19. The Bertz CT molecular complexity index is 835. The van der Waals surface area contributed by atoms with Gasteiger partial charge in [-0.25, -0.2) is 9.67 Å². The van der Waals surface area contributed by atoms with Crippen molar-refractivity contribution in [1.82, 2.24) is 19.7 Å². The lowest BCUT2D eigenvalue weighted by atomic mass is 9.99. The van der Waals surface area contributed by atoms with Gasteiger partial charge < -0.3 is 4.90 Å². The number of hydrogen-bond donors (Lipinski definition) is 0. The summed E-state index contributed by atoms with van der Waals surface area (Å²) in [4.78, 5) is 31.4. The Morgan fingerprint density at radius 1 is 1.38 bits per heavy atom. The lowest BCUT2D eigenvalue weighted by Crippen LogP contribution is -2.52. The predicted molar refractivity (Wildman–Crippen MR) is 91.1 cm³/mol. The zero-order valence-electron chi connectivity index (χ0n) is 13.7. The molecule has 0 saturated carbocycles. The Balaban J connectivity index is 1.33. The molecule has 3 heterocycles. The van der Waals surface area contributed by atoms with Crippen LogP contribution in [0.1, 0.15) is 27.6 Å². The van der Waals surface area contributed by atoms with Crippen molar-refractivity contribution in [1.29, 1.82) is 0 Å². The predicted octanol–water partition coefficient (Wildman–Crippen LogP) is 1.20. The number of amides is 1. The standard InChI is InChI=1S/C17H20N4O2S/c1-11-18-7-14(24-11)6-16(22)20-8-12(9-20)10-21-17(23)5-13-3-2-4-15(13)19-21/h5,7,12H,2-4,6,8-10H2,1H3. The van der Waals surface area contributed by atoms with Crippen molar-refractivity contribution in [2.75, 3.05) is 13.1 Å². The third-order valence-electron chi connectivity index (χ3n) is 4.76. The molecule has 24 heavy (non-hydrogen) atoms. The van der Waals surface area contributed by atoms with E-state index in [1.807, 2.05) is 11.8 Å². The van der Waals surface area contributed by atoms with E-state index in [2.05, 4.69) is 10.1 Å². The van der Waals surface area contributed by atoms with Gasteiger partial charge in [-0.05, 0) is 31.7 Å². The van der Waals surface area contributed by atoms with Gasteiger partial charge in [0, 0.05) is 36.1 Å². The van der Waals surface area contributed by atoms with Crippen LogP contribution in [-0.2, 0) is 30.6 Å². The molecule has 2 aromatic heterocycles. The number of likely N-dealkylation sites (tertiary alicyclic amines) is 1.